The lowest BCUT2D eigenvalue weighted by Gasteiger charge is -2.08. The summed E-state index contributed by atoms with van der Waals surface area (Å²) in [6.07, 6.45) is 0. The number of rotatable bonds is 4. The summed E-state index contributed by atoms with van der Waals surface area (Å²) in [6.45, 7) is 4.19. The molecule has 0 aliphatic rings. The number of nitrogens with one attached hydrogen (secondary N) is 1. The van der Waals surface area contributed by atoms with Gasteiger partial charge < -0.3 is 0 Å². The Morgan fingerprint density at radius 3 is 1.83 bits per heavy atom. The second kappa shape index (κ2) is 3.71. The van der Waals surface area contributed by atoms with Crippen LogP contribution in [-0.4, -0.2) is 27.8 Å². The molecule has 0 aromatic heterocycles. The van der Waals surface area contributed by atoms with Crippen LogP contribution in [0.2, 0.25) is 0 Å². The fourth-order valence-electron chi connectivity index (χ4n) is 0.332. The first-order valence-electron chi connectivity index (χ1n) is 3.46. The molecule has 0 aliphatic heterocycles. The van der Waals surface area contributed by atoms with Gasteiger partial charge in [-0.05, 0) is 20.8 Å². The molecule has 0 saturated carbocycles. The zero-order valence-corrected chi connectivity index (χ0v) is 8.87. The molecule has 0 spiro atoms. The van der Waals surface area contributed by atoms with E-state index in [1.54, 1.807) is 4.13 Å². The van der Waals surface area contributed by atoms with E-state index in [9.17, 15) is 16.8 Å². The number of sulfonamides is 2. The summed E-state index contributed by atoms with van der Waals surface area (Å²) >= 11 is 0. The van der Waals surface area contributed by atoms with Crippen LogP contribution in [-0.2, 0) is 20.0 Å². The van der Waals surface area contributed by atoms with Crippen LogP contribution in [0.1, 0.15) is 20.8 Å². The number of hydrogen-bond acceptors (Lipinski definition) is 4. The molecule has 0 saturated heterocycles. The van der Waals surface area contributed by atoms with Crippen LogP contribution < -0.4 is 4.13 Å². The Morgan fingerprint density at radius 1 is 1.17 bits per heavy atom. The normalized spacial score (nSPS) is 13.7. The highest BCUT2D eigenvalue weighted by atomic mass is 32.3. The van der Waals surface area contributed by atoms with Crippen LogP contribution in [0.25, 0.3) is 0 Å². The van der Waals surface area contributed by atoms with Gasteiger partial charge in [-0.25, -0.2) is 16.8 Å². The molecule has 0 radical (unpaired) electrons. The summed E-state index contributed by atoms with van der Waals surface area (Å²) < 4.78 is 45.3. The quantitative estimate of drug-likeness (QED) is 0.696. The number of hydrogen-bond donors (Lipinski definition) is 1. The molecule has 0 amide bonds. The van der Waals surface area contributed by atoms with Gasteiger partial charge in [-0.2, -0.15) is 0 Å². The molecule has 5 nitrogen and oxygen atoms in total. The van der Waals surface area contributed by atoms with Crippen molar-refractivity contribution < 1.29 is 16.8 Å². The van der Waals surface area contributed by atoms with Gasteiger partial charge in [0.1, 0.15) is 0 Å². The average Bonchev–Trinajstić information content (AvgIpc) is 1.85. The van der Waals surface area contributed by atoms with Crippen molar-refractivity contribution in [3.05, 3.63) is 0 Å². The summed E-state index contributed by atoms with van der Waals surface area (Å²) in [4.78, 5) is 0. The molecule has 0 aromatic rings. The molecular formula is C5H13NO4S2. The molecule has 12 heavy (non-hydrogen) atoms. The Kier molecular flexibility index (Phi) is 3.67. The summed E-state index contributed by atoms with van der Waals surface area (Å²) in [5, 5.41) is -0.737. The molecule has 1 N–H and O–H groups in total. The fourth-order valence-corrected chi connectivity index (χ4v) is 2.99. The summed E-state index contributed by atoms with van der Waals surface area (Å²) in [5.74, 6) is -0.237. The lowest BCUT2D eigenvalue weighted by atomic mass is 10.6. The monoisotopic (exact) mass is 215 g/mol. The average molecular weight is 215 g/mol. The van der Waals surface area contributed by atoms with E-state index >= 15 is 0 Å². The van der Waals surface area contributed by atoms with Crippen molar-refractivity contribution in [2.75, 3.05) is 5.75 Å². The van der Waals surface area contributed by atoms with Crippen LogP contribution in [0.5, 0.6) is 0 Å². The largest absolute Gasteiger partial charge is 0.226 e. The molecule has 0 unspecified atom stereocenters. The smallest absolute Gasteiger partial charge is 0.211 e. The van der Waals surface area contributed by atoms with Gasteiger partial charge in [0.2, 0.25) is 20.0 Å². The minimum Gasteiger partial charge on any atom is -0.211 e. The maximum Gasteiger partial charge on any atom is 0.226 e. The van der Waals surface area contributed by atoms with Crippen LogP contribution >= 0.6 is 0 Å². The molecule has 0 bridgehead atoms. The van der Waals surface area contributed by atoms with E-state index in [-0.39, 0.29) is 5.75 Å². The Hall–Kier alpha value is -0.140. The van der Waals surface area contributed by atoms with Crippen LogP contribution in [0.4, 0.5) is 0 Å². The zero-order chi connectivity index (χ0) is 9.99. The Morgan fingerprint density at radius 2 is 1.58 bits per heavy atom. The zero-order valence-electron chi connectivity index (χ0n) is 7.23. The van der Waals surface area contributed by atoms with E-state index in [0.717, 1.165) is 0 Å². The lowest BCUT2D eigenvalue weighted by molar-refractivity contribution is 0.572. The second-order valence-electron chi connectivity index (χ2n) is 2.58. The van der Waals surface area contributed by atoms with Crippen molar-refractivity contribution in [2.24, 2.45) is 0 Å². The fraction of sp³-hybridized carbons (Fsp3) is 1.00. The predicted octanol–water partition coefficient (Wildman–Crippen LogP) is -0.336. The van der Waals surface area contributed by atoms with Gasteiger partial charge in [0.25, 0.3) is 0 Å². The maximum absolute atomic E-state index is 11.0. The van der Waals surface area contributed by atoms with E-state index in [4.69, 9.17) is 0 Å². The van der Waals surface area contributed by atoms with E-state index in [1.807, 2.05) is 0 Å². The highest BCUT2D eigenvalue weighted by molar-refractivity contribution is 8.04. The molecule has 0 rings (SSSR count). The first kappa shape index (κ1) is 11.9. The first-order valence-corrected chi connectivity index (χ1v) is 6.66. The molecular weight excluding hydrogens is 202 g/mol. The molecule has 0 aromatic carbocycles. The van der Waals surface area contributed by atoms with Crippen molar-refractivity contribution in [3.63, 3.8) is 0 Å². The van der Waals surface area contributed by atoms with Crippen LogP contribution in [0, 0.1) is 0 Å². The highest BCUT2D eigenvalue weighted by Crippen LogP contribution is 1.98. The Bertz CT molecular complexity index is 326. The molecule has 0 heterocycles. The molecule has 0 aliphatic carbocycles. The SMILES string of the molecule is CCS(=O)(=O)NS(=O)(=O)C(C)C. The summed E-state index contributed by atoms with van der Waals surface area (Å²) in [6, 6.07) is 0. The van der Waals surface area contributed by atoms with Gasteiger partial charge in [-0.3, -0.25) is 0 Å². The minimum atomic E-state index is -3.71. The predicted molar refractivity (Wildman–Crippen MR) is 46.7 cm³/mol. The van der Waals surface area contributed by atoms with Gasteiger partial charge in [-0.1, -0.05) is 0 Å². The third kappa shape index (κ3) is 3.51. The molecule has 74 valence electrons. The van der Waals surface area contributed by atoms with E-state index < -0.39 is 25.3 Å². The first-order chi connectivity index (χ1) is 5.21. The van der Waals surface area contributed by atoms with Gasteiger partial charge >= 0.3 is 0 Å². The van der Waals surface area contributed by atoms with Crippen LogP contribution in [0.3, 0.4) is 0 Å². The molecule has 0 atom stereocenters. The van der Waals surface area contributed by atoms with Crippen molar-refractivity contribution in [3.8, 4) is 0 Å². The van der Waals surface area contributed by atoms with Gasteiger partial charge in [0, 0.05) is 0 Å². The standard InChI is InChI=1S/C5H13NO4S2/c1-4-11(7,8)6-12(9,10)5(2)3/h5-6H,4H2,1-3H3. The van der Waals surface area contributed by atoms with Gasteiger partial charge in [0.15, 0.2) is 0 Å². The van der Waals surface area contributed by atoms with Gasteiger partial charge in [-0.15, -0.1) is 4.13 Å². The van der Waals surface area contributed by atoms with Crippen molar-refractivity contribution in [1.82, 2.24) is 4.13 Å². The summed E-state index contributed by atoms with van der Waals surface area (Å²) in [5.41, 5.74) is 0. The summed E-state index contributed by atoms with van der Waals surface area (Å²) in [7, 11) is -7.37. The van der Waals surface area contributed by atoms with Gasteiger partial charge in [0.05, 0.1) is 11.0 Å². The van der Waals surface area contributed by atoms with Crippen molar-refractivity contribution in [1.29, 1.82) is 0 Å². The van der Waals surface area contributed by atoms with Crippen LogP contribution in [0.15, 0.2) is 0 Å². The highest BCUT2D eigenvalue weighted by Gasteiger charge is 2.21. The topological polar surface area (TPSA) is 80.3 Å². The van der Waals surface area contributed by atoms with E-state index in [2.05, 4.69) is 0 Å². The van der Waals surface area contributed by atoms with Crippen molar-refractivity contribution >= 4 is 20.0 Å². The molecule has 7 heteroatoms. The molecule has 0 fully saturated rings. The minimum absolute atomic E-state index is 0.237. The third-order valence-electron chi connectivity index (χ3n) is 1.24. The van der Waals surface area contributed by atoms with E-state index in [0.29, 0.717) is 0 Å². The van der Waals surface area contributed by atoms with E-state index in [1.165, 1.54) is 20.8 Å². The maximum atomic E-state index is 11.0. The van der Waals surface area contributed by atoms with Crippen molar-refractivity contribution in [2.45, 2.75) is 26.0 Å². The lowest BCUT2D eigenvalue weighted by Crippen LogP contribution is -2.36. The second-order valence-corrected chi connectivity index (χ2v) is 7.09. The Labute approximate surface area is 73.3 Å². The Balaban J connectivity index is 4.71. The third-order valence-corrected chi connectivity index (χ3v) is 5.19.